The second-order valence-electron chi connectivity index (χ2n) is 6.44. The Hall–Kier alpha value is -2.90. The Kier molecular flexibility index (Phi) is 6.62. The summed E-state index contributed by atoms with van der Waals surface area (Å²) in [5.74, 6) is -0.206. The maximum absolute atomic E-state index is 13.8. The Morgan fingerprint density at radius 3 is 2.39 bits per heavy atom. The monoisotopic (exact) mass is 390 g/mol. The lowest BCUT2D eigenvalue weighted by atomic mass is 10.1. The second kappa shape index (κ2) is 9.34. The van der Waals surface area contributed by atoms with E-state index in [1.165, 1.54) is 24.5 Å². The number of amides is 1. The van der Waals surface area contributed by atoms with E-state index in [-0.39, 0.29) is 24.4 Å². The van der Waals surface area contributed by atoms with Crippen molar-refractivity contribution in [1.29, 1.82) is 0 Å². The minimum atomic E-state index is -0.551. The van der Waals surface area contributed by atoms with E-state index >= 15 is 0 Å². The molecule has 0 spiro atoms. The lowest BCUT2D eigenvalue weighted by Crippen LogP contribution is -2.53. The zero-order chi connectivity index (χ0) is 19.9. The van der Waals surface area contributed by atoms with Crippen LogP contribution in [0.5, 0.6) is 0 Å². The van der Waals surface area contributed by atoms with Crippen LogP contribution in [0, 0.1) is 11.6 Å². The first kappa shape index (κ1) is 19.9. The zero-order valence-electron chi connectivity index (χ0n) is 15.8. The summed E-state index contributed by atoms with van der Waals surface area (Å²) in [5.41, 5.74) is 0.0518. The fourth-order valence-corrected chi connectivity index (χ4v) is 3.15. The molecule has 1 N–H and O–H groups in total. The van der Waals surface area contributed by atoms with Crippen molar-refractivity contribution in [3.8, 4) is 0 Å². The molecule has 0 bridgehead atoms. The molecule has 150 valence electrons. The van der Waals surface area contributed by atoms with Gasteiger partial charge in [-0.25, -0.2) is 8.78 Å². The first-order chi connectivity index (χ1) is 13.6. The normalized spacial score (nSPS) is 15.0. The molecule has 2 heterocycles. The predicted molar refractivity (Wildman–Crippen MR) is 102 cm³/mol. The van der Waals surface area contributed by atoms with Gasteiger partial charge in [-0.15, -0.1) is 0 Å². The van der Waals surface area contributed by atoms with E-state index in [2.05, 4.69) is 10.3 Å². The van der Waals surface area contributed by atoms with Gasteiger partial charge in [-0.1, -0.05) is 6.07 Å². The van der Waals surface area contributed by atoms with Gasteiger partial charge in [0.25, 0.3) is 5.91 Å². The number of nitrogens with one attached hydrogen (secondary N) is 1. The number of hydrogen-bond acceptors (Lipinski definition) is 3. The van der Waals surface area contributed by atoms with Gasteiger partial charge in [0.05, 0.1) is 6.26 Å². The smallest absolute Gasteiger partial charge is 0.289 e. The average molecular weight is 390 g/mol. The summed E-state index contributed by atoms with van der Waals surface area (Å²) in [7, 11) is 0. The van der Waals surface area contributed by atoms with Crippen molar-refractivity contribution in [3.63, 3.8) is 0 Å². The van der Waals surface area contributed by atoms with Crippen LogP contribution in [0.3, 0.4) is 0 Å². The summed E-state index contributed by atoms with van der Waals surface area (Å²) in [4.78, 5) is 20.7. The van der Waals surface area contributed by atoms with Crippen LogP contribution in [-0.2, 0) is 6.42 Å². The summed E-state index contributed by atoms with van der Waals surface area (Å²) in [6.45, 7) is 5.24. The molecule has 0 atom stereocenters. The molecule has 0 unspecified atom stereocenters. The molecule has 1 amide bonds. The van der Waals surface area contributed by atoms with Crippen molar-refractivity contribution < 1.29 is 18.0 Å². The van der Waals surface area contributed by atoms with Crippen molar-refractivity contribution >= 4 is 11.9 Å². The molecule has 1 aliphatic rings. The van der Waals surface area contributed by atoms with E-state index in [4.69, 9.17) is 4.42 Å². The quantitative estimate of drug-likeness (QED) is 0.630. The number of benzene rings is 1. The van der Waals surface area contributed by atoms with Crippen LogP contribution in [0.2, 0.25) is 0 Å². The van der Waals surface area contributed by atoms with Gasteiger partial charge in [-0.3, -0.25) is 9.79 Å². The molecule has 1 aliphatic heterocycles. The highest BCUT2D eigenvalue weighted by atomic mass is 19.1. The lowest BCUT2D eigenvalue weighted by molar-refractivity contribution is 0.0657. The zero-order valence-corrected chi connectivity index (χ0v) is 15.8. The Labute approximate surface area is 162 Å². The number of rotatable bonds is 5. The van der Waals surface area contributed by atoms with Gasteiger partial charge in [-0.05, 0) is 37.6 Å². The lowest BCUT2D eigenvalue weighted by Gasteiger charge is -2.36. The van der Waals surface area contributed by atoms with Gasteiger partial charge in [-0.2, -0.15) is 0 Å². The molecule has 6 nitrogen and oxygen atoms in total. The Balaban J connectivity index is 1.58. The third kappa shape index (κ3) is 4.68. The molecular weight excluding hydrogens is 366 g/mol. The predicted octanol–water partition coefficient (Wildman–Crippen LogP) is 2.52. The van der Waals surface area contributed by atoms with Gasteiger partial charge in [0, 0.05) is 44.8 Å². The Bertz CT molecular complexity index is 795. The van der Waals surface area contributed by atoms with Gasteiger partial charge in [0.15, 0.2) is 11.7 Å². The second-order valence-corrected chi connectivity index (χ2v) is 6.44. The van der Waals surface area contributed by atoms with E-state index in [0.717, 1.165) is 0 Å². The van der Waals surface area contributed by atoms with E-state index < -0.39 is 11.6 Å². The van der Waals surface area contributed by atoms with Gasteiger partial charge in [0.2, 0.25) is 0 Å². The molecule has 3 rings (SSSR count). The molecule has 0 aliphatic carbocycles. The minimum absolute atomic E-state index is 0.0518. The first-order valence-corrected chi connectivity index (χ1v) is 9.39. The molecule has 1 aromatic heterocycles. The maximum Gasteiger partial charge on any atom is 0.289 e. The number of guanidine groups is 1. The van der Waals surface area contributed by atoms with E-state index in [1.807, 2.05) is 11.8 Å². The number of piperazine rings is 1. The average Bonchev–Trinajstić information content (AvgIpc) is 3.24. The van der Waals surface area contributed by atoms with Crippen molar-refractivity contribution in [3.05, 3.63) is 59.6 Å². The summed E-state index contributed by atoms with van der Waals surface area (Å²) >= 11 is 0. The van der Waals surface area contributed by atoms with E-state index in [9.17, 15) is 13.6 Å². The minimum Gasteiger partial charge on any atom is -0.459 e. The van der Waals surface area contributed by atoms with Crippen molar-refractivity contribution in [1.82, 2.24) is 15.1 Å². The number of nitrogens with zero attached hydrogens (tertiary/aromatic N) is 3. The van der Waals surface area contributed by atoms with Gasteiger partial charge < -0.3 is 19.5 Å². The summed E-state index contributed by atoms with van der Waals surface area (Å²) in [6, 6.07) is 7.20. The topological polar surface area (TPSA) is 61.1 Å². The van der Waals surface area contributed by atoms with Gasteiger partial charge in [0.1, 0.15) is 11.6 Å². The molecule has 1 aromatic carbocycles. The van der Waals surface area contributed by atoms with Crippen LogP contribution < -0.4 is 5.32 Å². The van der Waals surface area contributed by atoms with Crippen LogP contribution in [0.25, 0.3) is 0 Å². The van der Waals surface area contributed by atoms with Crippen molar-refractivity contribution in [2.45, 2.75) is 13.3 Å². The Morgan fingerprint density at radius 1 is 1.11 bits per heavy atom. The first-order valence-electron chi connectivity index (χ1n) is 9.39. The summed E-state index contributed by atoms with van der Waals surface area (Å²) in [6.07, 6.45) is 1.67. The van der Waals surface area contributed by atoms with E-state index in [0.29, 0.717) is 44.4 Å². The fraction of sp³-hybridized carbons (Fsp3) is 0.400. The van der Waals surface area contributed by atoms with Crippen LogP contribution in [0.4, 0.5) is 8.78 Å². The number of aliphatic imine (C=N–C) groups is 1. The number of carbonyl (C=O) groups excluding carboxylic acids is 1. The SMILES string of the molecule is CCNC(=NCCc1c(F)cccc1F)N1CCN(C(=O)c2ccco2)CC1. The van der Waals surface area contributed by atoms with Crippen molar-refractivity contribution in [2.24, 2.45) is 4.99 Å². The molecule has 28 heavy (non-hydrogen) atoms. The standard InChI is InChI=1S/C20H24F2N4O2/c1-2-23-20(24-9-8-15-16(21)5-3-6-17(15)22)26-12-10-25(11-13-26)19(27)18-7-4-14-28-18/h3-7,14H,2,8-13H2,1H3,(H,23,24). The molecule has 8 heteroatoms. The number of furan rings is 1. The molecule has 2 aromatic rings. The summed E-state index contributed by atoms with van der Waals surface area (Å²) in [5, 5.41) is 3.21. The number of halogens is 2. The third-order valence-corrected chi connectivity index (χ3v) is 4.62. The Morgan fingerprint density at radius 2 is 1.79 bits per heavy atom. The van der Waals surface area contributed by atoms with Crippen LogP contribution >= 0.6 is 0 Å². The molecule has 0 saturated carbocycles. The third-order valence-electron chi connectivity index (χ3n) is 4.62. The van der Waals surface area contributed by atoms with E-state index in [1.54, 1.807) is 17.0 Å². The molecular formula is C20H24F2N4O2. The highest BCUT2D eigenvalue weighted by Gasteiger charge is 2.25. The molecule has 1 fully saturated rings. The van der Waals surface area contributed by atoms with Crippen molar-refractivity contribution in [2.75, 3.05) is 39.3 Å². The highest BCUT2D eigenvalue weighted by molar-refractivity contribution is 5.91. The fourth-order valence-electron chi connectivity index (χ4n) is 3.15. The highest BCUT2D eigenvalue weighted by Crippen LogP contribution is 2.13. The largest absolute Gasteiger partial charge is 0.459 e. The molecule has 0 radical (unpaired) electrons. The summed E-state index contributed by atoms with van der Waals surface area (Å²) < 4.78 is 32.7. The maximum atomic E-state index is 13.8. The number of carbonyl (C=O) groups is 1. The van der Waals surface area contributed by atoms with Crippen LogP contribution in [-0.4, -0.2) is 60.9 Å². The van der Waals surface area contributed by atoms with Gasteiger partial charge >= 0.3 is 0 Å². The van der Waals surface area contributed by atoms with Crippen LogP contribution in [0.15, 0.2) is 46.0 Å². The number of hydrogen-bond donors (Lipinski definition) is 1. The molecule has 1 saturated heterocycles. The van der Waals surface area contributed by atoms with Crippen LogP contribution in [0.1, 0.15) is 23.0 Å².